The van der Waals surface area contributed by atoms with Crippen LogP contribution in [0.2, 0.25) is 0 Å². The molecule has 1 fully saturated rings. The fraction of sp³-hybridized carbons (Fsp3) is 0.533. The Morgan fingerprint density at radius 3 is 2.75 bits per heavy atom. The Morgan fingerprint density at radius 2 is 2.15 bits per heavy atom. The molecule has 0 aliphatic carbocycles. The Bertz CT molecular complexity index is 445. The summed E-state index contributed by atoms with van der Waals surface area (Å²) in [6.45, 7) is 2.65. The predicted octanol–water partition coefficient (Wildman–Crippen LogP) is 2.08. The number of nitrogens with zero attached hydrogens (tertiary/aromatic N) is 1. The number of piperidine rings is 1. The minimum atomic E-state index is -0.141. The molecule has 1 aromatic rings. The van der Waals surface area contributed by atoms with Gasteiger partial charge in [-0.3, -0.25) is 0 Å². The van der Waals surface area contributed by atoms with Crippen LogP contribution in [0.1, 0.15) is 37.8 Å². The SMILES string of the molecule is CC(N)c1ccc(NC(=O)N2CCCCC2CO)cc1. The molecular formula is C15H23N3O2. The van der Waals surface area contributed by atoms with Crippen LogP contribution < -0.4 is 11.1 Å². The van der Waals surface area contributed by atoms with E-state index in [4.69, 9.17) is 5.73 Å². The summed E-state index contributed by atoms with van der Waals surface area (Å²) >= 11 is 0. The Labute approximate surface area is 119 Å². The van der Waals surface area contributed by atoms with Crippen molar-refractivity contribution in [2.24, 2.45) is 5.73 Å². The molecule has 1 aliphatic heterocycles. The lowest BCUT2D eigenvalue weighted by atomic mass is 10.0. The lowest BCUT2D eigenvalue weighted by Gasteiger charge is -2.34. The second-order valence-electron chi connectivity index (χ2n) is 5.37. The van der Waals surface area contributed by atoms with Gasteiger partial charge in [0.05, 0.1) is 12.6 Å². The van der Waals surface area contributed by atoms with E-state index in [1.807, 2.05) is 31.2 Å². The topological polar surface area (TPSA) is 78.6 Å². The summed E-state index contributed by atoms with van der Waals surface area (Å²) in [5, 5.41) is 12.2. The number of nitrogens with one attached hydrogen (secondary N) is 1. The first-order valence-corrected chi connectivity index (χ1v) is 7.16. The molecule has 1 aromatic carbocycles. The molecule has 1 aliphatic rings. The predicted molar refractivity (Wildman–Crippen MR) is 79.5 cm³/mol. The normalized spacial score (nSPS) is 20.6. The van der Waals surface area contributed by atoms with Gasteiger partial charge in [0, 0.05) is 18.3 Å². The van der Waals surface area contributed by atoms with Crippen molar-refractivity contribution in [3.63, 3.8) is 0 Å². The first-order chi connectivity index (χ1) is 9.61. The van der Waals surface area contributed by atoms with Crippen LogP contribution in [-0.2, 0) is 0 Å². The molecule has 0 saturated carbocycles. The van der Waals surface area contributed by atoms with Gasteiger partial charge < -0.3 is 21.1 Å². The number of aliphatic hydroxyl groups excluding tert-OH is 1. The van der Waals surface area contributed by atoms with E-state index in [2.05, 4.69) is 5.32 Å². The molecule has 20 heavy (non-hydrogen) atoms. The first-order valence-electron chi connectivity index (χ1n) is 7.16. The molecule has 0 aromatic heterocycles. The Balaban J connectivity index is 1.99. The van der Waals surface area contributed by atoms with E-state index in [9.17, 15) is 9.90 Å². The molecule has 0 spiro atoms. The number of hydrogen-bond donors (Lipinski definition) is 3. The number of hydrogen-bond acceptors (Lipinski definition) is 3. The summed E-state index contributed by atoms with van der Waals surface area (Å²) in [4.78, 5) is 14.0. The van der Waals surface area contributed by atoms with Gasteiger partial charge in [0.2, 0.25) is 0 Å². The number of aliphatic hydroxyl groups is 1. The number of benzene rings is 1. The van der Waals surface area contributed by atoms with Crippen molar-refractivity contribution >= 4 is 11.7 Å². The smallest absolute Gasteiger partial charge is 0.322 e. The van der Waals surface area contributed by atoms with Crippen LogP contribution in [0.15, 0.2) is 24.3 Å². The average Bonchev–Trinajstić information content (AvgIpc) is 2.47. The van der Waals surface area contributed by atoms with Crippen LogP contribution in [0.25, 0.3) is 0 Å². The van der Waals surface area contributed by atoms with E-state index in [0.29, 0.717) is 6.54 Å². The number of carbonyl (C=O) groups excluding carboxylic acids is 1. The minimum Gasteiger partial charge on any atom is -0.394 e. The number of rotatable bonds is 3. The summed E-state index contributed by atoms with van der Waals surface area (Å²) in [5.74, 6) is 0. The van der Waals surface area contributed by atoms with E-state index >= 15 is 0 Å². The van der Waals surface area contributed by atoms with Crippen molar-refractivity contribution in [3.8, 4) is 0 Å². The first kappa shape index (κ1) is 14.8. The van der Waals surface area contributed by atoms with Crippen molar-refractivity contribution in [2.45, 2.75) is 38.3 Å². The van der Waals surface area contributed by atoms with Gasteiger partial charge in [-0.15, -0.1) is 0 Å². The zero-order valence-corrected chi connectivity index (χ0v) is 11.9. The molecule has 2 amide bonds. The quantitative estimate of drug-likeness (QED) is 0.791. The number of nitrogens with two attached hydrogens (primary N) is 1. The Hall–Kier alpha value is -1.59. The van der Waals surface area contributed by atoms with Crippen LogP contribution in [0, 0.1) is 0 Å². The number of carbonyl (C=O) groups is 1. The molecule has 5 heteroatoms. The Kier molecular flexibility index (Phi) is 4.98. The summed E-state index contributed by atoms with van der Waals surface area (Å²) in [5.41, 5.74) is 7.58. The molecule has 2 rings (SSSR count). The van der Waals surface area contributed by atoms with Gasteiger partial charge in [0.15, 0.2) is 0 Å². The summed E-state index contributed by atoms with van der Waals surface area (Å²) in [7, 11) is 0. The third kappa shape index (κ3) is 3.49. The van der Waals surface area contributed by atoms with Crippen LogP contribution in [-0.4, -0.2) is 35.2 Å². The maximum Gasteiger partial charge on any atom is 0.322 e. The third-order valence-electron chi connectivity index (χ3n) is 3.79. The van der Waals surface area contributed by atoms with E-state index in [1.54, 1.807) is 4.90 Å². The maximum atomic E-state index is 12.2. The van der Waals surface area contributed by atoms with Gasteiger partial charge in [0.25, 0.3) is 0 Å². The zero-order valence-electron chi connectivity index (χ0n) is 11.9. The van der Waals surface area contributed by atoms with Crippen molar-refractivity contribution in [1.29, 1.82) is 0 Å². The summed E-state index contributed by atoms with van der Waals surface area (Å²) in [6, 6.07) is 7.33. The van der Waals surface area contributed by atoms with E-state index in [-0.39, 0.29) is 24.7 Å². The molecule has 2 unspecified atom stereocenters. The maximum absolute atomic E-state index is 12.2. The van der Waals surface area contributed by atoms with Gasteiger partial charge in [-0.25, -0.2) is 4.79 Å². The zero-order chi connectivity index (χ0) is 14.5. The number of amides is 2. The molecule has 1 saturated heterocycles. The highest BCUT2D eigenvalue weighted by Crippen LogP contribution is 2.19. The van der Waals surface area contributed by atoms with Crippen LogP contribution >= 0.6 is 0 Å². The standard InChI is InChI=1S/C15H23N3O2/c1-11(16)12-5-7-13(8-6-12)17-15(20)18-9-3-2-4-14(18)10-19/h5-8,11,14,19H,2-4,9-10,16H2,1H3,(H,17,20). The number of anilines is 1. The summed E-state index contributed by atoms with van der Waals surface area (Å²) in [6.07, 6.45) is 2.93. The molecular weight excluding hydrogens is 254 g/mol. The van der Waals surface area contributed by atoms with E-state index < -0.39 is 0 Å². The van der Waals surface area contributed by atoms with Crippen LogP contribution in [0.3, 0.4) is 0 Å². The number of urea groups is 1. The lowest BCUT2D eigenvalue weighted by Crippen LogP contribution is -2.47. The lowest BCUT2D eigenvalue weighted by molar-refractivity contribution is 0.115. The third-order valence-corrected chi connectivity index (χ3v) is 3.79. The van der Waals surface area contributed by atoms with Crippen molar-refractivity contribution in [1.82, 2.24) is 4.90 Å². The van der Waals surface area contributed by atoms with Crippen molar-refractivity contribution in [3.05, 3.63) is 29.8 Å². The van der Waals surface area contributed by atoms with Gasteiger partial charge in [-0.2, -0.15) is 0 Å². The van der Waals surface area contributed by atoms with Gasteiger partial charge in [-0.1, -0.05) is 12.1 Å². The van der Waals surface area contributed by atoms with E-state index in [0.717, 1.165) is 30.5 Å². The average molecular weight is 277 g/mol. The van der Waals surface area contributed by atoms with Gasteiger partial charge in [-0.05, 0) is 43.9 Å². The second-order valence-corrected chi connectivity index (χ2v) is 5.37. The highest BCUT2D eigenvalue weighted by Gasteiger charge is 2.25. The molecule has 1 heterocycles. The Morgan fingerprint density at radius 1 is 1.45 bits per heavy atom. The molecule has 110 valence electrons. The van der Waals surface area contributed by atoms with Crippen molar-refractivity contribution in [2.75, 3.05) is 18.5 Å². The highest BCUT2D eigenvalue weighted by molar-refractivity contribution is 5.89. The second kappa shape index (κ2) is 6.72. The largest absolute Gasteiger partial charge is 0.394 e. The van der Waals surface area contributed by atoms with Crippen LogP contribution in [0.5, 0.6) is 0 Å². The van der Waals surface area contributed by atoms with Gasteiger partial charge in [0.1, 0.15) is 0 Å². The van der Waals surface area contributed by atoms with Crippen LogP contribution in [0.4, 0.5) is 10.5 Å². The molecule has 5 nitrogen and oxygen atoms in total. The van der Waals surface area contributed by atoms with Gasteiger partial charge >= 0.3 is 6.03 Å². The molecule has 0 radical (unpaired) electrons. The fourth-order valence-corrected chi connectivity index (χ4v) is 2.52. The highest BCUT2D eigenvalue weighted by atomic mass is 16.3. The molecule has 0 bridgehead atoms. The summed E-state index contributed by atoms with van der Waals surface area (Å²) < 4.78 is 0. The monoisotopic (exact) mass is 277 g/mol. The minimum absolute atomic E-state index is 0.0133. The number of likely N-dealkylation sites (tertiary alicyclic amines) is 1. The molecule has 2 atom stereocenters. The van der Waals surface area contributed by atoms with Crippen molar-refractivity contribution < 1.29 is 9.90 Å². The van der Waals surface area contributed by atoms with E-state index in [1.165, 1.54) is 0 Å². The fourth-order valence-electron chi connectivity index (χ4n) is 2.52. The molecule has 4 N–H and O–H groups in total.